The van der Waals surface area contributed by atoms with E-state index < -0.39 is 0 Å². The Hall–Kier alpha value is -0.790. The fraction of sp³-hybridized carbons (Fsp3) is 0.842. The van der Waals surface area contributed by atoms with Gasteiger partial charge in [-0.25, -0.2) is 9.13 Å². The summed E-state index contributed by atoms with van der Waals surface area (Å²) in [5.74, 6) is 1.51. The molecule has 0 aromatic carbocycles. The average molecular weight is 294 g/mol. The minimum absolute atomic E-state index is 1.21. The van der Waals surface area contributed by atoms with E-state index in [1.54, 1.807) is 0 Å². The molecule has 0 atom stereocenters. The molecule has 1 rings (SSSR count). The quantitative estimate of drug-likeness (QED) is 0.350. The van der Waals surface area contributed by atoms with E-state index in [0.29, 0.717) is 0 Å². The Balaban J connectivity index is 2.24. The first-order chi connectivity index (χ1) is 10.3. The highest BCUT2D eigenvalue weighted by molar-refractivity contribution is 4.84. The van der Waals surface area contributed by atoms with Gasteiger partial charge in [-0.15, -0.1) is 0 Å². The lowest BCUT2D eigenvalue weighted by molar-refractivity contribution is -0.678. The van der Waals surface area contributed by atoms with Crippen LogP contribution in [0.3, 0.4) is 0 Å². The molecule has 1 aromatic rings. The first-order valence-corrected chi connectivity index (χ1v) is 9.33. The van der Waals surface area contributed by atoms with Gasteiger partial charge in [-0.2, -0.15) is 0 Å². The number of hydrogen-bond donors (Lipinski definition) is 0. The highest BCUT2D eigenvalue weighted by atomic mass is 15.1. The maximum atomic E-state index is 2.49. The third-order valence-electron chi connectivity index (χ3n) is 4.47. The van der Waals surface area contributed by atoms with E-state index in [1.807, 2.05) is 0 Å². The molecular formula is C19H37N2+. The Morgan fingerprint density at radius 3 is 2.05 bits per heavy atom. The van der Waals surface area contributed by atoms with Crippen LogP contribution < -0.4 is 4.57 Å². The fourth-order valence-corrected chi connectivity index (χ4v) is 3.03. The van der Waals surface area contributed by atoms with Crippen molar-refractivity contribution in [2.45, 2.75) is 97.4 Å². The van der Waals surface area contributed by atoms with Crippen molar-refractivity contribution in [3.63, 3.8) is 0 Å². The highest BCUT2D eigenvalue weighted by Gasteiger charge is 2.13. The predicted octanol–water partition coefficient (Wildman–Crippen LogP) is 5.19. The molecule has 122 valence electrons. The summed E-state index contributed by atoms with van der Waals surface area (Å²) in [6, 6.07) is 0. The van der Waals surface area contributed by atoms with Crippen LogP contribution in [0, 0.1) is 0 Å². The summed E-state index contributed by atoms with van der Waals surface area (Å²) in [6.07, 6.45) is 20.9. The third kappa shape index (κ3) is 7.68. The molecule has 1 heterocycles. The molecule has 0 aliphatic carbocycles. The minimum Gasteiger partial charge on any atom is -0.237 e. The molecule has 0 unspecified atom stereocenters. The second kappa shape index (κ2) is 11.8. The van der Waals surface area contributed by atoms with Crippen molar-refractivity contribution >= 4 is 0 Å². The Morgan fingerprint density at radius 1 is 0.810 bits per heavy atom. The van der Waals surface area contributed by atoms with Gasteiger partial charge in [-0.05, 0) is 19.3 Å². The molecule has 1 aromatic heterocycles. The molecule has 0 amide bonds. The molecule has 21 heavy (non-hydrogen) atoms. The lowest BCUT2D eigenvalue weighted by Crippen LogP contribution is -2.32. The van der Waals surface area contributed by atoms with Gasteiger partial charge in [0.2, 0.25) is 0 Å². The van der Waals surface area contributed by atoms with Crippen LogP contribution in [0.2, 0.25) is 0 Å². The molecule has 2 nitrogen and oxygen atoms in total. The van der Waals surface area contributed by atoms with Gasteiger partial charge in [0, 0.05) is 6.42 Å². The second-order valence-electron chi connectivity index (χ2n) is 6.45. The van der Waals surface area contributed by atoms with Gasteiger partial charge in [0.05, 0.1) is 13.6 Å². The standard InChI is InChI=1S/C19H37N2/c1-4-6-8-10-12-14-16-21-18-17-20(3)19(21)15-13-11-9-7-5-2/h17-18H,4-16H2,1-3H3/q+1. The molecule has 0 saturated heterocycles. The van der Waals surface area contributed by atoms with Crippen LogP contribution in [0.4, 0.5) is 0 Å². The van der Waals surface area contributed by atoms with Crippen LogP contribution in [-0.2, 0) is 20.0 Å². The van der Waals surface area contributed by atoms with Crippen LogP contribution in [-0.4, -0.2) is 4.57 Å². The maximum absolute atomic E-state index is 2.49. The van der Waals surface area contributed by atoms with E-state index in [9.17, 15) is 0 Å². The van der Waals surface area contributed by atoms with Gasteiger partial charge in [0.1, 0.15) is 12.4 Å². The summed E-state index contributed by atoms with van der Waals surface area (Å²) >= 11 is 0. The van der Waals surface area contributed by atoms with E-state index in [1.165, 1.54) is 89.4 Å². The fourth-order valence-electron chi connectivity index (χ4n) is 3.03. The second-order valence-corrected chi connectivity index (χ2v) is 6.45. The highest BCUT2D eigenvalue weighted by Crippen LogP contribution is 2.10. The molecule has 0 N–H and O–H groups in total. The topological polar surface area (TPSA) is 8.81 Å². The van der Waals surface area contributed by atoms with Gasteiger partial charge in [-0.1, -0.05) is 65.2 Å². The Morgan fingerprint density at radius 2 is 1.38 bits per heavy atom. The lowest BCUT2D eigenvalue weighted by atomic mass is 10.1. The van der Waals surface area contributed by atoms with Gasteiger partial charge in [0.25, 0.3) is 5.82 Å². The smallest absolute Gasteiger partial charge is 0.237 e. The molecule has 0 bridgehead atoms. The van der Waals surface area contributed by atoms with Crippen LogP contribution in [0.25, 0.3) is 0 Å². The maximum Gasteiger partial charge on any atom is 0.256 e. The minimum atomic E-state index is 1.21. The summed E-state index contributed by atoms with van der Waals surface area (Å²) in [5.41, 5.74) is 0. The van der Waals surface area contributed by atoms with E-state index in [2.05, 4.69) is 42.4 Å². The summed E-state index contributed by atoms with van der Waals surface area (Å²) in [7, 11) is 2.19. The monoisotopic (exact) mass is 293 g/mol. The summed E-state index contributed by atoms with van der Waals surface area (Å²) < 4.78 is 4.80. The normalized spacial score (nSPS) is 11.2. The van der Waals surface area contributed by atoms with Crippen molar-refractivity contribution in [1.29, 1.82) is 0 Å². The summed E-state index contributed by atoms with van der Waals surface area (Å²) in [6.45, 7) is 5.77. The summed E-state index contributed by atoms with van der Waals surface area (Å²) in [5, 5.41) is 0. The van der Waals surface area contributed by atoms with Crippen molar-refractivity contribution in [2.75, 3.05) is 0 Å². The van der Waals surface area contributed by atoms with E-state index >= 15 is 0 Å². The summed E-state index contributed by atoms with van der Waals surface area (Å²) in [4.78, 5) is 0. The predicted molar refractivity (Wildman–Crippen MR) is 91.4 cm³/mol. The van der Waals surface area contributed by atoms with Crippen LogP contribution in [0.1, 0.15) is 90.3 Å². The van der Waals surface area contributed by atoms with Gasteiger partial charge in [0.15, 0.2) is 0 Å². The molecule has 0 radical (unpaired) electrons. The zero-order valence-electron chi connectivity index (χ0n) is 14.7. The van der Waals surface area contributed by atoms with Crippen molar-refractivity contribution in [3.05, 3.63) is 18.2 Å². The molecular weight excluding hydrogens is 256 g/mol. The number of hydrogen-bond acceptors (Lipinski definition) is 0. The number of rotatable bonds is 13. The van der Waals surface area contributed by atoms with Gasteiger partial charge < -0.3 is 0 Å². The van der Waals surface area contributed by atoms with Crippen molar-refractivity contribution in [2.24, 2.45) is 7.05 Å². The lowest BCUT2D eigenvalue weighted by Gasteiger charge is -2.04. The van der Waals surface area contributed by atoms with Gasteiger partial charge in [-0.3, -0.25) is 0 Å². The molecule has 2 heteroatoms. The largest absolute Gasteiger partial charge is 0.256 e. The zero-order valence-corrected chi connectivity index (χ0v) is 14.7. The molecule has 0 fully saturated rings. The van der Waals surface area contributed by atoms with Crippen molar-refractivity contribution in [3.8, 4) is 0 Å². The number of aryl methyl sites for hydroxylation is 2. The van der Waals surface area contributed by atoms with E-state index in [0.717, 1.165) is 0 Å². The SMILES string of the molecule is CCCCCCCCn1cc[n+](C)c1CCCCCCC. The number of nitrogens with zero attached hydrogens (tertiary/aromatic N) is 2. The number of imidazole rings is 1. The third-order valence-corrected chi connectivity index (χ3v) is 4.47. The first-order valence-electron chi connectivity index (χ1n) is 9.33. The van der Waals surface area contributed by atoms with E-state index in [4.69, 9.17) is 0 Å². The molecule has 0 saturated carbocycles. The van der Waals surface area contributed by atoms with Crippen molar-refractivity contribution < 1.29 is 4.57 Å². The zero-order chi connectivity index (χ0) is 15.3. The van der Waals surface area contributed by atoms with Crippen LogP contribution in [0.5, 0.6) is 0 Å². The van der Waals surface area contributed by atoms with Crippen molar-refractivity contribution in [1.82, 2.24) is 4.57 Å². The average Bonchev–Trinajstić information content (AvgIpc) is 2.83. The first kappa shape index (κ1) is 18.3. The van der Waals surface area contributed by atoms with E-state index in [-0.39, 0.29) is 0 Å². The number of unbranched alkanes of at least 4 members (excludes halogenated alkanes) is 9. The Kier molecular flexibility index (Phi) is 10.3. The van der Waals surface area contributed by atoms with Crippen LogP contribution >= 0.6 is 0 Å². The molecule has 0 aliphatic heterocycles. The molecule has 0 spiro atoms. The van der Waals surface area contributed by atoms with Crippen LogP contribution in [0.15, 0.2) is 12.4 Å². The van der Waals surface area contributed by atoms with Gasteiger partial charge >= 0.3 is 0 Å². The number of aromatic nitrogens is 2. The molecule has 0 aliphatic rings. The Bertz CT molecular complexity index is 354. The Labute approximate surface area is 132 Å².